The van der Waals surface area contributed by atoms with Crippen molar-refractivity contribution in [3.8, 4) is 0 Å². The van der Waals surface area contributed by atoms with Crippen LogP contribution >= 0.6 is 46.4 Å². The monoisotopic (exact) mass is 388 g/mol. The standard InChI is InChI=1S/C15H24Cl4OSi/c1-13(2,3)21(4,5)20-8-6-9-11(14(9,16)17)12-10(7-8)15(12,18)19/h8-12H,6-7H2,1-5H3. The van der Waals surface area contributed by atoms with E-state index in [1.807, 2.05) is 0 Å². The van der Waals surface area contributed by atoms with Gasteiger partial charge in [-0.15, -0.1) is 46.4 Å². The molecule has 4 atom stereocenters. The Bertz CT molecular complexity index is 429. The van der Waals surface area contributed by atoms with E-state index in [0.717, 1.165) is 12.8 Å². The van der Waals surface area contributed by atoms with Crippen LogP contribution in [0.1, 0.15) is 33.6 Å². The summed E-state index contributed by atoms with van der Waals surface area (Å²) in [6.45, 7) is 11.4. The van der Waals surface area contributed by atoms with Crippen molar-refractivity contribution >= 4 is 54.7 Å². The zero-order chi connectivity index (χ0) is 16.0. The molecule has 0 saturated heterocycles. The van der Waals surface area contributed by atoms with Crippen molar-refractivity contribution in [3.63, 3.8) is 0 Å². The molecule has 3 saturated carbocycles. The quantitative estimate of drug-likeness (QED) is 0.415. The lowest BCUT2D eigenvalue weighted by molar-refractivity contribution is 0.151. The molecule has 3 rings (SSSR count). The molecule has 0 amide bonds. The van der Waals surface area contributed by atoms with E-state index < -0.39 is 17.0 Å². The Kier molecular flexibility index (Phi) is 3.84. The first-order chi connectivity index (χ1) is 9.30. The Balaban J connectivity index is 1.77. The smallest absolute Gasteiger partial charge is 0.192 e. The predicted molar refractivity (Wildman–Crippen MR) is 94.1 cm³/mol. The Morgan fingerprint density at radius 2 is 1.29 bits per heavy atom. The molecule has 1 nitrogen and oxygen atoms in total. The second-order valence-corrected chi connectivity index (χ2v) is 16.2. The minimum atomic E-state index is -1.80. The minimum absolute atomic E-state index is 0.187. The summed E-state index contributed by atoms with van der Waals surface area (Å²) < 4.78 is 5.31. The van der Waals surface area contributed by atoms with E-state index >= 15 is 0 Å². The summed E-state index contributed by atoms with van der Waals surface area (Å²) >= 11 is 25.9. The average molecular weight is 390 g/mol. The van der Waals surface area contributed by atoms with Gasteiger partial charge >= 0.3 is 0 Å². The van der Waals surface area contributed by atoms with E-state index in [-0.39, 0.29) is 34.8 Å². The lowest BCUT2D eigenvalue weighted by atomic mass is 10.1. The third kappa shape index (κ3) is 2.61. The molecular weight excluding hydrogens is 366 g/mol. The fourth-order valence-electron chi connectivity index (χ4n) is 3.77. The fraction of sp³-hybridized carbons (Fsp3) is 1.00. The van der Waals surface area contributed by atoms with Crippen LogP contribution in [-0.4, -0.2) is 23.1 Å². The number of rotatable bonds is 2. The highest BCUT2D eigenvalue weighted by Gasteiger charge is 2.80. The van der Waals surface area contributed by atoms with Gasteiger partial charge in [0.1, 0.15) is 8.67 Å². The molecule has 6 heteroatoms. The van der Waals surface area contributed by atoms with Crippen LogP contribution in [0.3, 0.4) is 0 Å². The summed E-state index contributed by atoms with van der Waals surface area (Å²) in [5.74, 6) is 1.05. The Morgan fingerprint density at radius 3 is 1.62 bits per heavy atom. The van der Waals surface area contributed by atoms with Gasteiger partial charge in [0.05, 0.1) is 0 Å². The van der Waals surface area contributed by atoms with Crippen molar-refractivity contribution in [2.45, 2.75) is 66.5 Å². The predicted octanol–water partition coefficient (Wildman–Crippen LogP) is 6.01. The van der Waals surface area contributed by atoms with Gasteiger partial charge in [0.2, 0.25) is 0 Å². The van der Waals surface area contributed by atoms with Crippen LogP contribution in [0.4, 0.5) is 0 Å². The van der Waals surface area contributed by atoms with Gasteiger partial charge in [-0.25, -0.2) is 0 Å². The van der Waals surface area contributed by atoms with Crippen LogP contribution in [-0.2, 0) is 4.43 Å². The Morgan fingerprint density at radius 1 is 0.905 bits per heavy atom. The third-order valence-electron chi connectivity index (χ3n) is 6.21. The highest BCUT2D eigenvalue weighted by molar-refractivity contribution is 6.74. The van der Waals surface area contributed by atoms with Crippen molar-refractivity contribution in [3.05, 3.63) is 0 Å². The first kappa shape index (κ1) is 17.2. The highest BCUT2D eigenvalue weighted by Crippen LogP contribution is 2.79. The molecular formula is C15H24Cl4OSi. The molecule has 3 aliphatic carbocycles. The van der Waals surface area contributed by atoms with E-state index in [0.29, 0.717) is 0 Å². The lowest BCUT2D eigenvalue weighted by Crippen LogP contribution is -2.44. The van der Waals surface area contributed by atoms with Gasteiger partial charge in [0.25, 0.3) is 0 Å². The first-order valence-corrected chi connectivity index (χ1v) is 12.2. The van der Waals surface area contributed by atoms with Gasteiger partial charge in [-0.05, 0) is 31.0 Å². The van der Waals surface area contributed by atoms with Gasteiger partial charge in [0.15, 0.2) is 8.32 Å². The van der Waals surface area contributed by atoms with Gasteiger partial charge in [-0.3, -0.25) is 0 Å². The second-order valence-electron chi connectivity index (χ2n) is 8.59. The van der Waals surface area contributed by atoms with Crippen LogP contribution in [0, 0.1) is 23.7 Å². The largest absolute Gasteiger partial charge is 0.414 e. The van der Waals surface area contributed by atoms with E-state index in [4.69, 9.17) is 50.8 Å². The van der Waals surface area contributed by atoms with Crippen LogP contribution in [0.15, 0.2) is 0 Å². The van der Waals surface area contributed by atoms with E-state index in [2.05, 4.69) is 33.9 Å². The zero-order valence-electron chi connectivity index (χ0n) is 13.2. The van der Waals surface area contributed by atoms with E-state index in [1.165, 1.54) is 0 Å². The van der Waals surface area contributed by atoms with Crippen LogP contribution in [0.25, 0.3) is 0 Å². The lowest BCUT2D eigenvalue weighted by Gasteiger charge is -2.39. The molecule has 21 heavy (non-hydrogen) atoms. The van der Waals surface area contributed by atoms with Crippen molar-refractivity contribution < 1.29 is 4.43 Å². The number of fused-ring (bicyclic) bond motifs is 3. The molecule has 0 aromatic rings. The molecule has 0 aromatic carbocycles. The summed E-state index contributed by atoms with van der Waals surface area (Å²) in [6.07, 6.45) is 2.08. The third-order valence-corrected chi connectivity index (χ3v) is 12.9. The molecule has 0 N–H and O–H groups in total. The average Bonchev–Trinajstić information content (AvgIpc) is 3.01. The normalized spacial score (nSPS) is 43.6. The van der Waals surface area contributed by atoms with E-state index in [1.54, 1.807) is 0 Å². The molecule has 0 aliphatic heterocycles. The van der Waals surface area contributed by atoms with E-state index in [9.17, 15) is 0 Å². The number of alkyl halides is 4. The molecule has 3 fully saturated rings. The second kappa shape index (κ2) is 4.70. The van der Waals surface area contributed by atoms with Gasteiger partial charge in [0, 0.05) is 29.8 Å². The summed E-state index contributed by atoms with van der Waals surface area (Å²) in [6, 6.07) is 0. The van der Waals surface area contributed by atoms with Crippen molar-refractivity contribution in [2.24, 2.45) is 23.7 Å². The van der Waals surface area contributed by atoms with Crippen LogP contribution in [0.2, 0.25) is 18.1 Å². The maximum absolute atomic E-state index is 6.61. The molecule has 0 heterocycles. The number of halogens is 4. The maximum atomic E-state index is 6.61. The maximum Gasteiger partial charge on any atom is 0.192 e. The van der Waals surface area contributed by atoms with Crippen molar-refractivity contribution in [2.75, 3.05) is 0 Å². The molecule has 0 spiro atoms. The summed E-state index contributed by atoms with van der Waals surface area (Å²) in [4.78, 5) is 0. The summed E-state index contributed by atoms with van der Waals surface area (Å²) in [5.41, 5.74) is 0. The van der Waals surface area contributed by atoms with Crippen molar-refractivity contribution in [1.29, 1.82) is 0 Å². The highest BCUT2D eigenvalue weighted by atomic mass is 35.5. The first-order valence-electron chi connectivity index (χ1n) is 7.73. The molecule has 4 unspecified atom stereocenters. The molecule has 3 aliphatic rings. The molecule has 122 valence electrons. The summed E-state index contributed by atoms with van der Waals surface area (Å²) in [5, 5.41) is 0.198. The SMILES string of the molecule is CC(C)(C)[Si](C)(C)OC1CC2C(C3C(C1)C3(Cl)Cl)C2(Cl)Cl. The van der Waals surface area contributed by atoms with Gasteiger partial charge < -0.3 is 4.43 Å². The Hall–Kier alpha value is 1.34. The number of hydrogen-bond donors (Lipinski definition) is 0. The van der Waals surface area contributed by atoms with Gasteiger partial charge in [-0.1, -0.05) is 20.8 Å². The zero-order valence-corrected chi connectivity index (χ0v) is 17.2. The number of hydrogen-bond acceptors (Lipinski definition) is 1. The molecule has 0 radical (unpaired) electrons. The molecule has 0 bridgehead atoms. The van der Waals surface area contributed by atoms with Crippen molar-refractivity contribution in [1.82, 2.24) is 0 Å². The summed E-state index contributed by atoms with van der Waals surface area (Å²) in [7, 11) is -1.80. The topological polar surface area (TPSA) is 9.23 Å². The van der Waals surface area contributed by atoms with Gasteiger partial charge in [-0.2, -0.15) is 0 Å². The van der Waals surface area contributed by atoms with Crippen LogP contribution < -0.4 is 0 Å². The fourth-order valence-corrected chi connectivity index (χ4v) is 6.95. The minimum Gasteiger partial charge on any atom is -0.414 e. The Labute approximate surface area is 149 Å². The molecule has 0 aromatic heterocycles. The van der Waals surface area contributed by atoms with Crippen LogP contribution in [0.5, 0.6) is 0 Å².